The second-order valence-corrected chi connectivity index (χ2v) is 7.84. The first kappa shape index (κ1) is 17.2. The first-order valence-electron chi connectivity index (χ1n) is 8.26. The Morgan fingerprint density at radius 1 is 1.00 bits per heavy atom. The van der Waals surface area contributed by atoms with Crippen LogP contribution in [0.5, 0.6) is 0 Å². The maximum atomic E-state index is 13.0. The second-order valence-electron chi connectivity index (χ2n) is 6.16. The summed E-state index contributed by atoms with van der Waals surface area (Å²) in [5.74, 6) is -0.488. The van der Waals surface area contributed by atoms with Crippen molar-refractivity contribution in [3.63, 3.8) is 0 Å². The number of benzene rings is 2. The van der Waals surface area contributed by atoms with Gasteiger partial charge in [-0.1, -0.05) is 18.2 Å². The van der Waals surface area contributed by atoms with Gasteiger partial charge in [-0.2, -0.15) is 0 Å². The first-order chi connectivity index (χ1) is 12.9. The molecule has 0 saturated heterocycles. The summed E-state index contributed by atoms with van der Waals surface area (Å²) in [7, 11) is -3.80. The number of hydrogen-bond donors (Lipinski definition) is 1. The average molecular weight is 381 g/mol. The van der Waals surface area contributed by atoms with E-state index in [1.54, 1.807) is 18.2 Å². The lowest BCUT2D eigenvalue weighted by atomic mass is 10.1. The first-order valence-corrected chi connectivity index (χ1v) is 9.74. The van der Waals surface area contributed by atoms with Crippen LogP contribution < -0.4 is 4.72 Å². The molecule has 0 saturated carbocycles. The standard InChI is InChI=1S/C20H16FN3O2S/c1-14-4-2-7-20-22-19(13-24(14)20)15-5-3-6-17(12-15)23-27(25,26)18-10-8-16(21)9-11-18/h2-13,23H,1H3. The Balaban J connectivity index is 1.67. The third-order valence-corrected chi connectivity index (χ3v) is 5.63. The van der Waals surface area contributed by atoms with Crippen LogP contribution in [-0.4, -0.2) is 17.8 Å². The molecule has 0 aliphatic heterocycles. The van der Waals surface area contributed by atoms with Gasteiger partial charge in [0, 0.05) is 23.1 Å². The maximum absolute atomic E-state index is 13.0. The summed E-state index contributed by atoms with van der Waals surface area (Å²) in [4.78, 5) is 4.59. The molecule has 4 rings (SSSR count). The van der Waals surface area contributed by atoms with E-state index in [4.69, 9.17) is 0 Å². The lowest BCUT2D eigenvalue weighted by molar-refractivity contribution is 0.599. The number of nitrogens with zero attached hydrogens (tertiary/aromatic N) is 2. The van der Waals surface area contributed by atoms with Crippen molar-refractivity contribution < 1.29 is 12.8 Å². The largest absolute Gasteiger partial charge is 0.304 e. The molecule has 136 valence electrons. The molecule has 0 amide bonds. The van der Waals surface area contributed by atoms with Crippen LogP contribution >= 0.6 is 0 Å². The minimum absolute atomic E-state index is 0.00217. The molecule has 7 heteroatoms. The average Bonchev–Trinajstić information content (AvgIpc) is 3.08. The van der Waals surface area contributed by atoms with Crippen LogP contribution in [0.1, 0.15) is 5.69 Å². The number of aromatic nitrogens is 2. The van der Waals surface area contributed by atoms with Crippen molar-refractivity contribution >= 4 is 21.4 Å². The minimum atomic E-state index is -3.80. The number of fused-ring (bicyclic) bond motifs is 1. The number of pyridine rings is 1. The molecule has 2 aromatic heterocycles. The summed E-state index contributed by atoms with van der Waals surface area (Å²) in [6.45, 7) is 1.99. The molecule has 0 spiro atoms. The van der Waals surface area contributed by atoms with Crippen molar-refractivity contribution in [2.75, 3.05) is 4.72 Å². The molecular formula is C20H16FN3O2S. The third-order valence-electron chi connectivity index (χ3n) is 4.23. The highest BCUT2D eigenvalue weighted by atomic mass is 32.2. The van der Waals surface area contributed by atoms with E-state index < -0.39 is 15.8 Å². The fraction of sp³-hybridized carbons (Fsp3) is 0.0500. The maximum Gasteiger partial charge on any atom is 0.261 e. The Labute approximate surface area is 156 Å². The molecule has 0 unspecified atom stereocenters. The predicted molar refractivity (Wildman–Crippen MR) is 103 cm³/mol. The van der Waals surface area contributed by atoms with Crippen LogP contribution in [0.25, 0.3) is 16.9 Å². The van der Waals surface area contributed by atoms with E-state index in [-0.39, 0.29) is 4.90 Å². The second kappa shape index (κ2) is 6.51. The van der Waals surface area contributed by atoms with E-state index in [0.717, 1.165) is 34.7 Å². The molecule has 1 N–H and O–H groups in total. The van der Waals surface area contributed by atoms with Crippen molar-refractivity contribution in [2.24, 2.45) is 0 Å². The van der Waals surface area contributed by atoms with Crippen LogP contribution in [0.15, 0.2) is 77.8 Å². The van der Waals surface area contributed by atoms with Gasteiger partial charge in [0.25, 0.3) is 10.0 Å². The Morgan fingerprint density at radius 3 is 2.48 bits per heavy atom. The van der Waals surface area contributed by atoms with Crippen molar-refractivity contribution in [3.05, 3.63) is 84.4 Å². The number of anilines is 1. The molecule has 5 nitrogen and oxygen atoms in total. The van der Waals surface area contributed by atoms with Crippen LogP contribution in [-0.2, 0) is 10.0 Å². The molecule has 0 aliphatic carbocycles. The number of aryl methyl sites for hydroxylation is 1. The summed E-state index contributed by atoms with van der Waals surface area (Å²) in [5.41, 5.74) is 3.82. The van der Waals surface area contributed by atoms with Gasteiger partial charge in [0.05, 0.1) is 10.6 Å². The Morgan fingerprint density at radius 2 is 1.74 bits per heavy atom. The van der Waals surface area contributed by atoms with Gasteiger partial charge < -0.3 is 4.40 Å². The Kier molecular flexibility index (Phi) is 4.16. The Hall–Kier alpha value is -3.19. The zero-order chi connectivity index (χ0) is 19.0. The van der Waals surface area contributed by atoms with E-state index in [2.05, 4.69) is 9.71 Å². The number of sulfonamides is 1. The highest BCUT2D eigenvalue weighted by Crippen LogP contribution is 2.24. The molecule has 0 fully saturated rings. The molecule has 2 aromatic carbocycles. The zero-order valence-corrected chi connectivity index (χ0v) is 15.2. The molecule has 4 aromatic rings. The zero-order valence-electron chi connectivity index (χ0n) is 14.4. The van der Waals surface area contributed by atoms with Gasteiger partial charge >= 0.3 is 0 Å². The molecule has 2 heterocycles. The van der Waals surface area contributed by atoms with Gasteiger partial charge in [0.15, 0.2) is 0 Å². The van der Waals surface area contributed by atoms with Crippen LogP contribution in [0.4, 0.5) is 10.1 Å². The fourth-order valence-corrected chi connectivity index (χ4v) is 3.91. The lowest BCUT2D eigenvalue weighted by Gasteiger charge is -2.09. The smallest absolute Gasteiger partial charge is 0.261 e. The third kappa shape index (κ3) is 3.41. The van der Waals surface area contributed by atoms with Gasteiger partial charge in [-0.25, -0.2) is 17.8 Å². The quantitative estimate of drug-likeness (QED) is 0.575. The normalized spacial score (nSPS) is 11.6. The van der Waals surface area contributed by atoms with Crippen molar-refractivity contribution in [1.82, 2.24) is 9.38 Å². The molecule has 0 aliphatic rings. The summed E-state index contributed by atoms with van der Waals surface area (Å²) in [6, 6.07) is 17.5. The van der Waals surface area contributed by atoms with Gasteiger partial charge in [0.1, 0.15) is 11.5 Å². The van der Waals surface area contributed by atoms with E-state index in [1.807, 2.05) is 41.8 Å². The molecule has 0 atom stereocenters. The topological polar surface area (TPSA) is 63.5 Å². The van der Waals surface area contributed by atoms with Crippen LogP contribution in [0.3, 0.4) is 0 Å². The summed E-state index contributed by atoms with van der Waals surface area (Å²) < 4.78 is 42.5. The fourth-order valence-electron chi connectivity index (χ4n) is 2.86. The number of nitrogens with one attached hydrogen (secondary N) is 1. The number of hydrogen-bond acceptors (Lipinski definition) is 3. The summed E-state index contributed by atoms with van der Waals surface area (Å²) in [5, 5.41) is 0. The number of imidazole rings is 1. The van der Waals surface area contributed by atoms with E-state index >= 15 is 0 Å². The van der Waals surface area contributed by atoms with Gasteiger partial charge in [0.2, 0.25) is 0 Å². The van der Waals surface area contributed by atoms with Gasteiger partial charge in [-0.15, -0.1) is 0 Å². The molecule has 27 heavy (non-hydrogen) atoms. The van der Waals surface area contributed by atoms with Crippen LogP contribution in [0.2, 0.25) is 0 Å². The van der Waals surface area contributed by atoms with Crippen molar-refractivity contribution in [1.29, 1.82) is 0 Å². The summed E-state index contributed by atoms with van der Waals surface area (Å²) >= 11 is 0. The molecule has 0 bridgehead atoms. The highest BCUT2D eigenvalue weighted by molar-refractivity contribution is 7.92. The summed E-state index contributed by atoms with van der Waals surface area (Å²) in [6.07, 6.45) is 1.91. The molecule has 0 radical (unpaired) electrons. The predicted octanol–water partition coefficient (Wildman–Crippen LogP) is 4.25. The van der Waals surface area contributed by atoms with E-state index in [9.17, 15) is 12.8 Å². The number of halogens is 1. The van der Waals surface area contributed by atoms with Gasteiger partial charge in [-0.05, 0) is 55.5 Å². The monoisotopic (exact) mass is 381 g/mol. The Bertz CT molecular complexity index is 1230. The minimum Gasteiger partial charge on any atom is -0.304 e. The van der Waals surface area contributed by atoms with Crippen molar-refractivity contribution in [3.8, 4) is 11.3 Å². The number of rotatable bonds is 4. The van der Waals surface area contributed by atoms with Crippen LogP contribution in [0, 0.1) is 12.7 Å². The van der Waals surface area contributed by atoms with Gasteiger partial charge in [-0.3, -0.25) is 4.72 Å². The SMILES string of the molecule is Cc1cccc2nc(-c3cccc(NS(=O)(=O)c4ccc(F)cc4)c3)cn12. The van der Waals surface area contributed by atoms with E-state index in [1.165, 1.54) is 12.1 Å². The van der Waals surface area contributed by atoms with E-state index in [0.29, 0.717) is 5.69 Å². The molecular weight excluding hydrogens is 365 g/mol. The van der Waals surface area contributed by atoms with Crippen molar-refractivity contribution in [2.45, 2.75) is 11.8 Å². The highest BCUT2D eigenvalue weighted by Gasteiger charge is 2.15. The lowest BCUT2D eigenvalue weighted by Crippen LogP contribution is -2.12.